The predicted molar refractivity (Wildman–Crippen MR) is 85.5 cm³/mol. The van der Waals surface area contributed by atoms with Crippen LogP contribution in [-0.4, -0.2) is 73.1 Å². The molecule has 1 aliphatic heterocycles. The average molecular weight is 337 g/mol. The molecule has 0 aromatic carbocycles. The number of ether oxygens (including phenoxy) is 2. The van der Waals surface area contributed by atoms with Gasteiger partial charge in [0.25, 0.3) is 11.7 Å². The van der Waals surface area contributed by atoms with Crippen molar-refractivity contribution < 1.29 is 23.9 Å². The molecule has 1 saturated heterocycles. The lowest BCUT2D eigenvalue weighted by Crippen LogP contribution is -2.52. The fourth-order valence-electron chi connectivity index (χ4n) is 2.41. The summed E-state index contributed by atoms with van der Waals surface area (Å²) in [6.45, 7) is 0.654. The summed E-state index contributed by atoms with van der Waals surface area (Å²) in [6.07, 6.45) is 1.88. The highest BCUT2D eigenvalue weighted by atomic mass is 16.5. The molecule has 8 nitrogen and oxygen atoms in total. The smallest absolute Gasteiger partial charge is 0.294 e. The molecule has 2 atom stereocenters. The Bertz CT molecular complexity index is 611. The molecule has 1 N–H and O–H groups in total. The summed E-state index contributed by atoms with van der Waals surface area (Å²) >= 11 is 0. The fourth-order valence-corrected chi connectivity index (χ4v) is 2.41. The number of likely N-dealkylation sites (N-methyl/N-ethyl adjacent to an activating group) is 1. The number of carbonyl (C=O) groups excluding carboxylic acids is 3. The van der Waals surface area contributed by atoms with Gasteiger partial charge in [-0.1, -0.05) is 0 Å². The molecule has 8 heteroatoms. The van der Waals surface area contributed by atoms with E-state index >= 15 is 0 Å². The standard InChI is InChI=1S/C16H23N3O5/c1-18(2)14(20)10-24-13-6-8-23-9-11(13)17-16(22)15(21)12-5-4-7-19(12)3/h4-5,7,11,13H,6,8-10H2,1-3H3,(H,17,22)/t11-,13+/m1/s1. The van der Waals surface area contributed by atoms with E-state index in [0.717, 1.165) is 0 Å². The van der Waals surface area contributed by atoms with Gasteiger partial charge in [-0.15, -0.1) is 0 Å². The molecule has 0 bridgehead atoms. The number of nitrogens with zero attached hydrogens (tertiary/aromatic N) is 2. The average Bonchev–Trinajstić information content (AvgIpc) is 2.98. The van der Waals surface area contributed by atoms with Gasteiger partial charge in [0.15, 0.2) is 0 Å². The Labute approximate surface area is 140 Å². The van der Waals surface area contributed by atoms with Crippen molar-refractivity contribution in [3.63, 3.8) is 0 Å². The van der Waals surface area contributed by atoms with Gasteiger partial charge in [-0.3, -0.25) is 14.4 Å². The van der Waals surface area contributed by atoms with Crippen molar-refractivity contribution >= 4 is 17.6 Å². The molecule has 24 heavy (non-hydrogen) atoms. The minimum absolute atomic E-state index is 0.0736. The largest absolute Gasteiger partial charge is 0.379 e. The van der Waals surface area contributed by atoms with Crippen LogP contribution in [0.5, 0.6) is 0 Å². The second-order valence-electron chi connectivity index (χ2n) is 5.91. The molecule has 2 heterocycles. The Balaban J connectivity index is 1.95. The van der Waals surface area contributed by atoms with Crippen molar-refractivity contribution in [1.82, 2.24) is 14.8 Å². The van der Waals surface area contributed by atoms with E-state index in [1.807, 2.05) is 0 Å². The molecule has 2 rings (SSSR count). The van der Waals surface area contributed by atoms with Gasteiger partial charge in [0.1, 0.15) is 6.61 Å². The van der Waals surface area contributed by atoms with Crippen molar-refractivity contribution in [3.05, 3.63) is 24.0 Å². The van der Waals surface area contributed by atoms with E-state index in [9.17, 15) is 14.4 Å². The van der Waals surface area contributed by atoms with Crippen LogP contribution in [0.25, 0.3) is 0 Å². The molecule has 1 fully saturated rings. The maximum atomic E-state index is 12.2. The van der Waals surface area contributed by atoms with E-state index in [2.05, 4.69) is 5.32 Å². The van der Waals surface area contributed by atoms with Crippen LogP contribution in [0, 0.1) is 0 Å². The van der Waals surface area contributed by atoms with Gasteiger partial charge < -0.3 is 24.3 Å². The number of amides is 2. The SMILES string of the molecule is CN(C)C(=O)CO[C@H]1CCOC[C@H]1NC(=O)C(=O)c1cccn1C. The molecule has 0 unspecified atom stereocenters. The van der Waals surface area contributed by atoms with Gasteiger partial charge in [-0.2, -0.15) is 0 Å². The minimum Gasteiger partial charge on any atom is -0.379 e. The van der Waals surface area contributed by atoms with E-state index in [1.54, 1.807) is 44.0 Å². The topological polar surface area (TPSA) is 89.9 Å². The Morgan fingerprint density at radius 3 is 2.79 bits per heavy atom. The molecule has 1 aliphatic rings. The third kappa shape index (κ3) is 4.42. The monoisotopic (exact) mass is 337 g/mol. The van der Waals surface area contributed by atoms with Crippen LogP contribution in [0.3, 0.4) is 0 Å². The summed E-state index contributed by atoms with van der Waals surface area (Å²) < 4.78 is 12.6. The summed E-state index contributed by atoms with van der Waals surface area (Å²) in [5.41, 5.74) is 0.310. The number of hydrogen-bond acceptors (Lipinski definition) is 5. The van der Waals surface area contributed by atoms with Crippen LogP contribution in [-0.2, 0) is 26.1 Å². The molecule has 0 aliphatic carbocycles. The number of carbonyl (C=O) groups is 3. The number of aryl methyl sites for hydroxylation is 1. The molecular weight excluding hydrogens is 314 g/mol. The van der Waals surface area contributed by atoms with E-state index in [4.69, 9.17) is 9.47 Å². The first-order chi connectivity index (χ1) is 11.4. The summed E-state index contributed by atoms with van der Waals surface area (Å²) in [5.74, 6) is -1.48. The summed E-state index contributed by atoms with van der Waals surface area (Å²) in [6, 6.07) is 2.82. The zero-order chi connectivity index (χ0) is 17.7. The van der Waals surface area contributed by atoms with Crippen molar-refractivity contribution in [2.45, 2.75) is 18.6 Å². The van der Waals surface area contributed by atoms with Crippen LogP contribution >= 0.6 is 0 Å². The minimum atomic E-state index is -0.708. The van der Waals surface area contributed by atoms with Gasteiger partial charge >= 0.3 is 0 Å². The van der Waals surface area contributed by atoms with Gasteiger partial charge in [0.05, 0.1) is 24.4 Å². The molecule has 0 radical (unpaired) electrons. The molecule has 0 spiro atoms. The quantitative estimate of drug-likeness (QED) is 0.563. The van der Waals surface area contributed by atoms with Crippen molar-refractivity contribution in [3.8, 4) is 0 Å². The normalized spacial score (nSPS) is 20.5. The van der Waals surface area contributed by atoms with Crippen molar-refractivity contribution in [2.24, 2.45) is 7.05 Å². The summed E-state index contributed by atoms with van der Waals surface area (Å²) in [7, 11) is 4.99. The Kier molecular flexibility index (Phi) is 6.10. The number of Topliss-reactive ketones (excluding diaryl/α,β-unsaturated/α-hetero) is 1. The maximum Gasteiger partial charge on any atom is 0.294 e. The summed E-state index contributed by atoms with van der Waals surface area (Å²) in [5, 5.41) is 2.66. The first-order valence-electron chi connectivity index (χ1n) is 7.76. The zero-order valence-electron chi connectivity index (χ0n) is 14.2. The maximum absolute atomic E-state index is 12.2. The van der Waals surface area contributed by atoms with Crippen LogP contribution in [0.2, 0.25) is 0 Å². The van der Waals surface area contributed by atoms with Crippen molar-refractivity contribution in [2.75, 3.05) is 33.9 Å². The lowest BCUT2D eigenvalue weighted by Gasteiger charge is -2.32. The Morgan fingerprint density at radius 1 is 1.42 bits per heavy atom. The molecular formula is C16H23N3O5. The number of nitrogens with one attached hydrogen (secondary N) is 1. The fraction of sp³-hybridized carbons (Fsp3) is 0.562. The Morgan fingerprint density at radius 2 is 2.17 bits per heavy atom. The lowest BCUT2D eigenvalue weighted by molar-refractivity contribution is -0.139. The van der Waals surface area contributed by atoms with Gasteiger partial charge in [0, 0.05) is 33.9 Å². The second kappa shape index (κ2) is 8.07. The van der Waals surface area contributed by atoms with E-state index in [1.165, 1.54) is 4.90 Å². The first kappa shape index (κ1) is 18.2. The van der Waals surface area contributed by atoms with Crippen LogP contribution in [0.4, 0.5) is 0 Å². The van der Waals surface area contributed by atoms with Gasteiger partial charge in [0.2, 0.25) is 5.91 Å². The summed E-state index contributed by atoms with van der Waals surface area (Å²) in [4.78, 5) is 37.5. The Hall–Kier alpha value is -2.19. The van der Waals surface area contributed by atoms with Crippen LogP contribution in [0.1, 0.15) is 16.9 Å². The van der Waals surface area contributed by atoms with Crippen LogP contribution in [0.15, 0.2) is 18.3 Å². The third-order valence-electron chi connectivity index (χ3n) is 3.91. The van der Waals surface area contributed by atoms with Crippen LogP contribution < -0.4 is 5.32 Å². The zero-order valence-corrected chi connectivity index (χ0v) is 14.2. The highest BCUT2D eigenvalue weighted by molar-refractivity contribution is 6.42. The number of hydrogen-bond donors (Lipinski definition) is 1. The molecule has 2 amide bonds. The third-order valence-corrected chi connectivity index (χ3v) is 3.91. The highest BCUT2D eigenvalue weighted by Gasteiger charge is 2.31. The lowest BCUT2D eigenvalue weighted by atomic mass is 10.1. The molecule has 1 aromatic heterocycles. The molecule has 1 aromatic rings. The molecule has 132 valence electrons. The van der Waals surface area contributed by atoms with E-state index < -0.39 is 17.7 Å². The number of aromatic nitrogens is 1. The van der Waals surface area contributed by atoms with E-state index in [0.29, 0.717) is 18.7 Å². The second-order valence-corrected chi connectivity index (χ2v) is 5.91. The van der Waals surface area contributed by atoms with E-state index in [-0.39, 0.29) is 25.2 Å². The number of rotatable bonds is 6. The highest BCUT2D eigenvalue weighted by Crippen LogP contribution is 2.13. The van der Waals surface area contributed by atoms with Crippen molar-refractivity contribution in [1.29, 1.82) is 0 Å². The predicted octanol–water partition coefficient (Wildman–Crippen LogP) is -0.414. The number of ketones is 1. The van der Waals surface area contributed by atoms with Gasteiger partial charge in [-0.05, 0) is 18.6 Å². The van der Waals surface area contributed by atoms with Gasteiger partial charge in [-0.25, -0.2) is 0 Å². The molecule has 0 saturated carbocycles. The first-order valence-corrected chi connectivity index (χ1v) is 7.76.